The Hall–Kier alpha value is -2.65. The van der Waals surface area contributed by atoms with Crippen LogP contribution in [0.25, 0.3) is 6.08 Å². The van der Waals surface area contributed by atoms with Crippen molar-refractivity contribution in [2.45, 2.75) is 13.3 Å². The van der Waals surface area contributed by atoms with Crippen LogP contribution < -0.4 is 5.32 Å². The number of nitriles is 1. The summed E-state index contributed by atoms with van der Waals surface area (Å²) in [6.45, 7) is 1.97. The summed E-state index contributed by atoms with van der Waals surface area (Å²) in [6.07, 6.45) is 3.78. The molecule has 1 N–H and O–H groups in total. The highest BCUT2D eigenvalue weighted by Gasteiger charge is 2.13. The molecule has 0 atom stereocenters. The predicted octanol–water partition coefficient (Wildman–Crippen LogP) is 5.89. The van der Waals surface area contributed by atoms with Crippen LogP contribution in [0.1, 0.15) is 21.6 Å². The number of halogens is 2. The van der Waals surface area contributed by atoms with Crippen LogP contribution in [0.3, 0.4) is 0 Å². The first-order valence-corrected chi connectivity index (χ1v) is 9.91. The molecule has 0 fully saturated rings. The Balaban J connectivity index is 1.71. The molecule has 0 aliphatic carbocycles. The fourth-order valence-electron chi connectivity index (χ4n) is 2.46. The van der Waals surface area contributed by atoms with E-state index in [-0.39, 0.29) is 5.57 Å². The summed E-state index contributed by atoms with van der Waals surface area (Å²) in [5.74, 6) is -0.496. The van der Waals surface area contributed by atoms with Crippen molar-refractivity contribution in [2.24, 2.45) is 0 Å². The molecule has 0 spiro atoms. The molecule has 0 radical (unpaired) electrons. The molecule has 0 saturated heterocycles. The fraction of sp³-hybridized carbons (Fsp3) is 0.0952. The largest absolute Gasteiger partial charge is 0.297 e. The van der Waals surface area contributed by atoms with E-state index in [1.54, 1.807) is 18.3 Å². The highest BCUT2D eigenvalue weighted by atomic mass is 35.5. The number of hydrogen-bond donors (Lipinski definition) is 1. The Morgan fingerprint density at radius 1 is 1.25 bits per heavy atom. The van der Waals surface area contributed by atoms with Crippen LogP contribution in [0.15, 0.2) is 54.2 Å². The van der Waals surface area contributed by atoms with Gasteiger partial charge in [0.1, 0.15) is 11.6 Å². The van der Waals surface area contributed by atoms with Crippen molar-refractivity contribution in [3.05, 3.63) is 85.8 Å². The molecular weight excluding hydrogens is 413 g/mol. The maximum Gasteiger partial charge on any atom is 0.268 e. The van der Waals surface area contributed by atoms with Gasteiger partial charge in [0.05, 0.1) is 10.0 Å². The number of carbonyl (C=O) groups is 1. The average molecular weight is 428 g/mol. The smallest absolute Gasteiger partial charge is 0.268 e. The molecule has 0 unspecified atom stereocenters. The van der Waals surface area contributed by atoms with E-state index in [4.69, 9.17) is 23.2 Å². The minimum absolute atomic E-state index is 0.0125. The number of carbonyl (C=O) groups excluding carboxylic acids is 1. The Morgan fingerprint density at radius 3 is 2.71 bits per heavy atom. The van der Waals surface area contributed by atoms with Crippen molar-refractivity contribution in [3.8, 4) is 6.07 Å². The van der Waals surface area contributed by atoms with E-state index in [1.165, 1.54) is 11.3 Å². The van der Waals surface area contributed by atoms with Crippen LogP contribution >= 0.6 is 34.5 Å². The zero-order valence-electron chi connectivity index (χ0n) is 14.9. The van der Waals surface area contributed by atoms with E-state index in [2.05, 4.69) is 10.3 Å². The zero-order valence-corrected chi connectivity index (χ0v) is 17.2. The van der Waals surface area contributed by atoms with E-state index in [0.717, 1.165) is 21.6 Å². The molecule has 28 heavy (non-hydrogen) atoms. The minimum Gasteiger partial charge on any atom is -0.297 e. The van der Waals surface area contributed by atoms with Crippen molar-refractivity contribution in [2.75, 3.05) is 5.32 Å². The molecule has 0 aliphatic heterocycles. The molecule has 2 aromatic carbocycles. The van der Waals surface area contributed by atoms with Crippen molar-refractivity contribution in [3.63, 3.8) is 0 Å². The first-order chi connectivity index (χ1) is 13.5. The third kappa shape index (κ3) is 4.99. The normalized spacial score (nSPS) is 11.1. The maximum atomic E-state index is 12.4. The van der Waals surface area contributed by atoms with Gasteiger partial charge in [0.2, 0.25) is 0 Å². The highest BCUT2D eigenvalue weighted by molar-refractivity contribution is 7.15. The highest BCUT2D eigenvalue weighted by Crippen LogP contribution is 2.29. The Kier molecular flexibility index (Phi) is 6.48. The van der Waals surface area contributed by atoms with Gasteiger partial charge < -0.3 is 0 Å². The fourth-order valence-corrected chi connectivity index (χ4v) is 3.68. The second-order valence-corrected chi connectivity index (χ2v) is 7.96. The SMILES string of the molecule is Cc1ccc(C=C(C#N)C(=O)Nc2ncc(Cc3cccc(Cl)c3Cl)s2)cc1. The molecule has 140 valence electrons. The van der Waals surface area contributed by atoms with Gasteiger partial charge >= 0.3 is 0 Å². The topological polar surface area (TPSA) is 65.8 Å². The molecule has 7 heteroatoms. The summed E-state index contributed by atoms with van der Waals surface area (Å²) in [5.41, 5.74) is 2.79. The first kappa shape index (κ1) is 20.1. The molecule has 0 bridgehead atoms. The van der Waals surface area contributed by atoms with Gasteiger partial charge in [-0.2, -0.15) is 5.26 Å². The van der Waals surface area contributed by atoms with Crippen LogP contribution in [0, 0.1) is 18.3 Å². The van der Waals surface area contributed by atoms with E-state index in [1.807, 2.05) is 49.4 Å². The lowest BCUT2D eigenvalue weighted by molar-refractivity contribution is -0.112. The van der Waals surface area contributed by atoms with Crippen molar-refractivity contribution in [1.82, 2.24) is 4.98 Å². The van der Waals surface area contributed by atoms with Gasteiger partial charge in [0, 0.05) is 17.5 Å². The molecule has 0 saturated carbocycles. The van der Waals surface area contributed by atoms with Gasteiger partial charge in [-0.15, -0.1) is 11.3 Å². The lowest BCUT2D eigenvalue weighted by Gasteiger charge is -2.03. The lowest BCUT2D eigenvalue weighted by Crippen LogP contribution is -2.13. The molecule has 3 aromatic rings. The average Bonchev–Trinajstić information content (AvgIpc) is 3.11. The number of benzene rings is 2. The van der Waals surface area contributed by atoms with E-state index < -0.39 is 5.91 Å². The number of amides is 1. The molecule has 1 amide bonds. The Bertz CT molecular complexity index is 1080. The van der Waals surface area contributed by atoms with Crippen LogP contribution in [-0.4, -0.2) is 10.9 Å². The number of nitrogens with one attached hydrogen (secondary N) is 1. The van der Waals surface area contributed by atoms with Gasteiger partial charge in [-0.3, -0.25) is 10.1 Å². The standard InChI is InChI=1S/C21H15Cl2N3OS/c1-13-5-7-14(8-6-13)9-16(11-24)20(27)26-21-25-12-17(28-21)10-15-3-2-4-18(22)19(15)23/h2-9,12H,10H2,1H3,(H,25,26,27). The lowest BCUT2D eigenvalue weighted by atomic mass is 10.1. The molecule has 1 aromatic heterocycles. The minimum atomic E-state index is -0.496. The number of hydrogen-bond acceptors (Lipinski definition) is 4. The predicted molar refractivity (Wildman–Crippen MR) is 115 cm³/mol. The Morgan fingerprint density at radius 2 is 2.00 bits per heavy atom. The zero-order chi connectivity index (χ0) is 20.1. The van der Waals surface area contributed by atoms with Crippen molar-refractivity contribution >= 4 is 51.7 Å². The maximum absolute atomic E-state index is 12.4. The number of aryl methyl sites for hydroxylation is 1. The second-order valence-electron chi connectivity index (χ2n) is 6.06. The number of aromatic nitrogens is 1. The third-order valence-electron chi connectivity index (χ3n) is 3.92. The van der Waals surface area contributed by atoms with E-state index >= 15 is 0 Å². The summed E-state index contributed by atoms with van der Waals surface area (Å²) in [4.78, 5) is 17.5. The van der Waals surface area contributed by atoms with Crippen molar-refractivity contribution in [1.29, 1.82) is 5.26 Å². The van der Waals surface area contributed by atoms with Crippen LogP contribution in [0.2, 0.25) is 10.0 Å². The molecule has 4 nitrogen and oxygen atoms in total. The van der Waals surface area contributed by atoms with Crippen LogP contribution in [-0.2, 0) is 11.2 Å². The number of rotatable bonds is 5. The summed E-state index contributed by atoms with van der Waals surface area (Å²) in [5, 5.41) is 13.4. The molecule has 0 aliphatic rings. The number of anilines is 1. The monoisotopic (exact) mass is 427 g/mol. The Labute approximate surface area is 177 Å². The molecular formula is C21H15Cl2N3OS. The quantitative estimate of drug-likeness (QED) is 0.407. The van der Waals surface area contributed by atoms with Gasteiger partial charge in [0.25, 0.3) is 5.91 Å². The first-order valence-electron chi connectivity index (χ1n) is 8.33. The summed E-state index contributed by atoms with van der Waals surface area (Å²) in [6, 6.07) is 15.0. The number of thiazole rings is 1. The van der Waals surface area contributed by atoms with E-state index in [0.29, 0.717) is 21.6 Å². The van der Waals surface area contributed by atoms with Gasteiger partial charge in [-0.05, 0) is 30.2 Å². The van der Waals surface area contributed by atoms with Crippen molar-refractivity contribution < 1.29 is 4.79 Å². The van der Waals surface area contributed by atoms with Crippen LogP contribution in [0.5, 0.6) is 0 Å². The van der Waals surface area contributed by atoms with Gasteiger partial charge in [-0.25, -0.2) is 4.98 Å². The van der Waals surface area contributed by atoms with E-state index in [9.17, 15) is 10.1 Å². The number of nitrogens with zero attached hydrogens (tertiary/aromatic N) is 2. The second kappa shape index (κ2) is 9.03. The van der Waals surface area contributed by atoms with Crippen LogP contribution in [0.4, 0.5) is 5.13 Å². The van der Waals surface area contributed by atoms with Gasteiger partial charge in [-0.1, -0.05) is 65.2 Å². The molecule has 3 rings (SSSR count). The summed E-state index contributed by atoms with van der Waals surface area (Å²) in [7, 11) is 0. The summed E-state index contributed by atoms with van der Waals surface area (Å²) < 4.78 is 0. The summed E-state index contributed by atoms with van der Waals surface area (Å²) >= 11 is 13.6. The molecule has 1 heterocycles. The third-order valence-corrected chi connectivity index (χ3v) is 5.69. The van der Waals surface area contributed by atoms with Gasteiger partial charge in [0.15, 0.2) is 5.13 Å².